The summed E-state index contributed by atoms with van der Waals surface area (Å²) in [6, 6.07) is 13.6. The van der Waals surface area contributed by atoms with E-state index in [-0.39, 0.29) is 11.7 Å². The fraction of sp³-hybridized carbons (Fsp3) is 0.0588. The molecule has 1 heterocycles. The number of aryl methyl sites for hydroxylation is 1. The molecule has 0 atom stereocenters. The summed E-state index contributed by atoms with van der Waals surface area (Å²) in [6.45, 7) is 1.99. The first-order valence-electron chi connectivity index (χ1n) is 6.65. The Morgan fingerprint density at radius 2 is 1.73 bits per heavy atom. The Kier molecular flexibility index (Phi) is 4.09. The standard InChI is InChI=1S/C17H12FNOS2/c1-11-2-8-14(9-3-11)19-16(20)15(22-17(19)21)10-12-4-6-13(18)7-5-12/h2-10H,1H3/b15-10+. The molecular formula is C17H12FNOS2. The van der Waals surface area contributed by atoms with Crippen LogP contribution in [0.3, 0.4) is 0 Å². The van der Waals surface area contributed by atoms with Crippen molar-refractivity contribution in [1.82, 2.24) is 0 Å². The second kappa shape index (κ2) is 6.02. The van der Waals surface area contributed by atoms with E-state index in [4.69, 9.17) is 12.2 Å². The lowest BCUT2D eigenvalue weighted by Crippen LogP contribution is -2.27. The van der Waals surface area contributed by atoms with Gasteiger partial charge in [-0.1, -0.05) is 53.8 Å². The van der Waals surface area contributed by atoms with Crippen LogP contribution in [0, 0.1) is 12.7 Å². The number of carbonyl (C=O) groups excluding carboxylic acids is 1. The van der Waals surface area contributed by atoms with E-state index in [0.717, 1.165) is 16.8 Å². The number of hydrogen-bond acceptors (Lipinski definition) is 3. The molecule has 5 heteroatoms. The molecule has 1 fully saturated rings. The van der Waals surface area contributed by atoms with Crippen LogP contribution in [0.1, 0.15) is 11.1 Å². The molecule has 0 aliphatic carbocycles. The van der Waals surface area contributed by atoms with Crippen molar-refractivity contribution in [1.29, 1.82) is 0 Å². The molecule has 1 aliphatic heterocycles. The maximum Gasteiger partial charge on any atom is 0.270 e. The highest BCUT2D eigenvalue weighted by atomic mass is 32.2. The van der Waals surface area contributed by atoms with Crippen molar-refractivity contribution in [2.24, 2.45) is 0 Å². The Labute approximate surface area is 137 Å². The maximum absolute atomic E-state index is 12.9. The third-order valence-corrected chi connectivity index (χ3v) is 4.56. The Balaban J connectivity index is 1.91. The van der Waals surface area contributed by atoms with Crippen LogP contribution in [-0.2, 0) is 4.79 Å². The van der Waals surface area contributed by atoms with Crippen molar-refractivity contribution >= 4 is 46.0 Å². The number of amides is 1. The van der Waals surface area contributed by atoms with Gasteiger partial charge in [-0.05, 0) is 42.8 Å². The summed E-state index contributed by atoms with van der Waals surface area (Å²) in [5.74, 6) is -0.451. The van der Waals surface area contributed by atoms with Gasteiger partial charge in [0.15, 0.2) is 4.32 Å². The van der Waals surface area contributed by atoms with E-state index in [1.807, 2.05) is 31.2 Å². The van der Waals surface area contributed by atoms with Gasteiger partial charge in [0.05, 0.1) is 10.6 Å². The minimum atomic E-state index is -0.302. The van der Waals surface area contributed by atoms with Gasteiger partial charge in [0.1, 0.15) is 5.82 Å². The normalized spacial score (nSPS) is 16.6. The number of benzene rings is 2. The van der Waals surface area contributed by atoms with Gasteiger partial charge >= 0.3 is 0 Å². The summed E-state index contributed by atoms with van der Waals surface area (Å²) in [7, 11) is 0. The second-order valence-electron chi connectivity index (χ2n) is 4.90. The van der Waals surface area contributed by atoms with Gasteiger partial charge in [-0.15, -0.1) is 0 Å². The van der Waals surface area contributed by atoms with E-state index in [9.17, 15) is 9.18 Å². The minimum Gasteiger partial charge on any atom is -0.268 e. The molecule has 0 unspecified atom stereocenters. The predicted octanol–water partition coefficient (Wildman–Crippen LogP) is 4.54. The lowest BCUT2D eigenvalue weighted by atomic mass is 10.2. The van der Waals surface area contributed by atoms with E-state index in [1.165, 1.54) is 28.8 Å². The van der Waals surface area contributed by atoms with Crippen LogP contribution in [0.15, 0.2) is 53.4 Å². The molecule has 0 bridgehead atoms. The number of nitrogens with zero attached hydrogens (tertiary/aromatic N) is 1. The quantitative estimate of drug-likeness (QED) is 0.596. The van der Waals surface area contributed by atoms with E-state index in [0.29, 0.717) is 9.23 Å². The first kappa shape index (κ1) is 14.9. The van der Waals surface area contributed by atoms with Gasteiger partial charge in [0.25, 0.3) is 5.91 Å². The molecule has 0 saturated carbocycles. The van der Waals surface area contributed by atoms with Crippen molar-refractivity contribution in [2.45, 2.75) is 6.92 Å². The molecule has 3 rings (SSSR count). The van der Waals surface area contributed by atoms with Gasteiger partial charge in [-0.3, -0.25) is 9.69 Å². The lowest BCUT2D eigenvalue weighted by molar-refractivity contribution is -0.113. The van der Waals surface area contributed by atoms with Crippen LogP contribution in [-0.4, -0.2) is 10.2 Å². The molecule has 110 valence electrons. The Hall–Kier alpha value is -1.98. The fourth-order valence-corrected chi connectivity index (χ4v) is 3.39. The smallest absolute Gasteiger partial charge is 0.268 e. The van der Waals surface area contributed by atoms with Crippen molar-refractivity contribution in [3.63, 3.8) is 0 Å². The number of thioether (sulfide) groups is 1. The van der Waals surface area contributed by atoms with Gasteiger partial charge in [0, 0.05) is 0 Å². The largest absolute Gasteiger partial charge is 0.270 e. The second-order valence-corrected chi connectivity index (χ2v) is 6.58. The SMILES string of the molecule is Cc1ccc(N2C(=O)/C(=C\c3ccc(F)cc3)SC2=S)cc1. The van der Waals surface area contributed by atoms with Gasteiger partial charge in [-0.2, -0.15) is 0 Å². The van der Waals surface area contributed by atoms with E-state index < -0.39 is 0 Å². The maximum atomic E-state index is 12.9. The molecule has 1 aliphatic rings. The molecule has 1 amide bonds. The van der Waals surface area contributed by atoms with Crippen LogP contribution in [0.5, 0.6) is 0 Å². The van der Waals surface area contributed by atoms with Crippen LogP contribution in [0.2, 0.25) is 0 Å². The van der Waals surface area contributed by atoms with E-state index in [1.54, 1.807) is 18.2 Å². The minimum absolute atomic E-state index is 0.150. The number of carbonyl (C=O) groups is 1. The molecule has 22 heavy (non-hydrogen) atoms. The molecule has 2 nitrogen and oxygen atoms in total. The van der Waals surface area contributed by atoms with Crippen molar-refractivity contribution in [3.05, 3.63) is 70.4 Å². The Bertz CT molecular complexity index is 766. The summed E-state index contributed by atoms with van der Waals surface area (Å²) in [4.78, 5) is 14.6. The molecular weight excluding hydrogens is 317 g/mol. The summed E-state index contributed by atoms with van der Waals surface area (Å²) < 4.78 is 13.4. The van der Waals surface area contributed by atoms with Crippen molar-refractivity contribution in [3.8, 4) is 0 Å². The number of anilines is 1. The van der Waals surface area contributed by atoms with E-state index >= 15 is 0 Å². The number of rotatable bonds is 2. The molecule has 0 aromatic heterocycles. The first-order valence-corrected chi connectivity index (χ1v) is 7.87. The molecule has 2 aromatic carbocycles. The summed E-state index contributed by atoms with van der Waals surface area (Å²) in [5.41, 5.74) is 2.65. The first-order chi connectivity index (χ1) is 10.5. The van der Waals surface area contributed by atoms with Crippen LogP contribution >= 0.6 is 24.0 Å². The van der Waals surface area contributed by atoms with E-state index in [2.05, 4.69) is 0 Å². The van der Waals surface area contributed by atoms with Crippen molar-refractivity contribution in [2.75, 3.05) is 4.90 Å². The zero-order valence-corrected chi connectivity index (χ0v) is 13.4. The average molecular weight is 329 g/mol. The molecule has 0 radical (unpaired) electrons. The third-order valence-electron chi connectivity index (χ3n) is 3.25. The average Bonchev–Trinajstić information content (AvgIpc) is 2.77. The molecule has 1 saturated heterocycles. The zero-order chi connectivity index (χ0) is 15.7. The summed E-state index contributed by atoms with van der Waals surface area (Å²) in [6.07, 6.45) is 1.73. The van der Waals surface area contributed by atoms with Gasteiger partial charge < -0.3 is 0 Å². The molecule has 2 aromatic rings. The lowest BCUT2D eigenvalue weighted by Gasteiger charge is -2.14. The monoisotopic (exact) mass is 329 g/mol. The summed E-state index contributed by atoms with van der Waals surface area (Å²) in [5, 5.41) is 0. The highest BCUT2D eigenvalue weighted by Gasteiger charge is 2.33. The van der Waals surface area contributed by atoms with Crippen LogP contribution in [0.4, 0.5) is 10.1 Å². The highest BCUT2D eigenvalue weighted by Crippen LogP contribution is 2.36. The predicted molar refractivity (Wildman–Crippen MR) is 93.2 cm³/mol. The number of thiocarbonyl (C=S) groups is 1. The topological polar surface area (TPSA) is 20.3 Å². The van der Waals surface area contributed by atoms with Gasteiger partial charge in [0.2, 0.25) is 0 Å². The van der Waals surface area contributed by atoms with Gasteiger partial charge in [-0.25, -0.2) is 4.39 Å². The number of halogens is 1. The molecule has 0 N–H and O–H groups in total. The number of hydrogen-bond donors (Lipinski definition) is 0. The van der Waals surface area contributed by atoms with Crippen LogP contribution in [0.25, 0.3) is 6.08 Å². The Morgan fingerprint density at radius 3 is 2.36 bits per heavy atom. The fourth-order valence-electron chi connectivity index (χ4n) is 2.09. The Morgan fingerprint density at radius 1 is 1.09 bits per heavy atom. The zero-order valence-electron chi connectivity index (χ0n) is 11.7. The highest BCUT2D eigenvalue weighted by molar-refractivity contribution is 8.27. The molecule has 0 spiro atoms. The third kappa shape index (κ3) is 2.96. The van der Waals surface area contributed by atoms with Crippen LogP contribution < -0.4 is 4.90 Å². The summed E-state index contributed by atoms with van der Waals surface area (Å²) >= 11 is 6.57. The van der Waals surface area contributed by atoms with Crippen molar-refractivity contribution < 1.29 is 9.18 Å².